The normalized spacial score (nSPS) is 12.6. The second-order valence-corrected chi connectivity index (χ2v) is 15.3. The zero-order valence-corrected chi connectivity index (χ0v) is 35.4. The van der Waals surface area contributed by atoms with Crippen LogP contribution in [0, 0.1) is 12.8 Å². The summed E-state index contributed by atoms with van der Waals surface area (Å²) in [5.41, 5.74) is 7.89. The number of benzene rings is 5. The Morgan fingerprint density at radius 1 is 0.677 bits per heavy atom. The van der Waals surface area contributed by atoms with E-state index in [0.29, 0.717) is 42.4 Å². The van der Waals surface area contributed by atoms with Gasteiger partial charge in [0.15, 0.2) is 0 Å². The first-order chi connectivity index (χ1) is 29.9. The average molecular weight is 835 g/mol. The van der Waals surface area contributed by atoms with Crippen LogP contribution in [0.25, 0.3) is 28.3 Å². The van der Waals surface area contributed by atoms with Gasteiger partial charge in [-0.25, -0.2) is 19.2 Å². The minimum absolute atomic E-state index is 0.0221. The monoisotopic (exact) mass is 834 g/mol. The van der Waals surface area contributed by atoms with E-state index in [1.54, 1.807) is 52.2 Å². The molecule has 1 aliphatic rings. The van der Waals surface area contributed by atoms with Gasteiger partial charge in [0, 0.05) is 30.2 Å². The Morgan fingerprint density at radius 3 is 1.89 bits per heavy atom. The van der Waals surface area contributed by atoms with Gasteiger partial charge in [0.1, 0.15) is 23.0 Å². The largest absolute Gasteiger partial charge is 0.493 e. The molecule has 1 unspecified atom stereocenters. The van der Waals surface area contributed by atoms with E-state index >= 15 is 0 Å². The Balaban J connectivity index is 0.995. The van der Waals surface area contributed by atoms with Crippen LogP contribution < -0.4 is 18.9 Å². The molecule has 0 radical (unpaired) electrons. The lowest BCUT2D eigenvalue weighted by molar-refractivity contribution is -0.141. The highest BCUT2D eigenvalue weighted by molar-refractivity contribution is 5.92. The Labute approximate surface area is 362 Å². The molecular weight excluding hydrogens is 785 g/mol. The molecule has 1 aliphatic carbocycles. The van der Waals surface area contributed by atoms with Gasteiger partial charge >= 0.3 is 23.9 Å². The third kappa shape index (κ3) is 12.5. The van der Waals surface area contributed by atoms with E-state index in [9.17, 15) is 19.2 Å². The van der Waals surface area contributed by atoms with Crippen LogP contribution in [0.1, 0.15) is 66.1 Å². The van der Waals surface area contributed by atoms with Gasteiger partial charge in [0.05, 0.1) is 25.4 Å². The number of hydrogen-bond acceptors (Lipinski definition) is 10. The van der Waals surface area contributed by atoms with Crippen LogP contribution in [0.3, 0.4) is 0 Å². The van der Waals surface area contributed by atoms with Crippen LogP contribution in [-0.2, 0) is 23.9 Å². The lowest BCUT2D eigenvalue weighted by atomic mass is 9.97. The van der Waals surface area contributed by atoms with Gasteiger partial charge in [0.2, 0.25) is 0 Å². The second-order valence-electron chi connectivity index (χ2n) is 15.3. The topological polar surface area (TPSA) is 124 Å². The van der Waals surface area contributed by atoms with Crippen LogP contribution in [-0.4, -0.2) is 50.8 Å². The predicted octanol–water partition coefficient (Wildman–Crippen LogP) is 10.7. The summed E-state index contributed by atoms with van der Waals surface area (Å²) in [6.07, 6.45) is 6.02. The third-order valence-corrected chi connectivity index (χ3v) is 10.1. The van der Waals surface area contributed by atoms with E-state index in [4.69, 9.17) is 28.4 Å². The number of rotatable bonds is 19. The van der Waals surface area contributed by atoms with Crippen molar-refractivity contribution in [2.45, 2.75) is 46.0 Å². The van der Waals surface area contributed by atoms with Crippen molar-refractivity contribution in [1.82, 2.24) is 0 Å². The van der Waals surface area contributed by atoms with Crippen LogP contribution in [0.5, 0.6) is 23.0 Å². The molecule has 5 aromatic rings. The van der Waals surface area contributed by atoms with Crippen molar-refractivity contribution in [3.05, 3.63) is 162 Å². The summed E-state index contributed by atoms with van der Waals surface area (Å²) in [6, 6.07) is 33.4. The number of aryl methyl sites for hydroxylation is 1. The van der Waals surface area contributed by atoms with Crippen molar-refractivity contribution >= 4 is 30.0 Å². The van der Waals surface area contributed by atoms with Gasteiger partial charge in [-0.05, 0) is 146 Å². The Hall–Kier alpha value is -7.04. The van der Waals surface area contributed by atoms with Gasteiger partial charge in [-0.2, -0.15) is 0 Å². The molecule has 0 bridgehead atoms. The Morgan fingerprint density at radius 2 is 1.27 bits per heavy atom. The molecule has 10 nitrogen and oxygen atoms in total. The molecule has 5 aromatic carbocycles. The quantitative estimate of drug-likeness (QED) is 0.0451. The number of carbonyl (C=O) groups is 4. The van der Waals surface area contributed by atoms with Gasteiger partial charge in [-0.3, -0.25) is 0 Å². The van der Waals surface area contributed by atoms with E-state index in [-0.39, 0.29) is 35.2 Å². The maximum Gasteiger partial charge on any atom is 0.343 e. The molecule has 10 heteroatoms. The molecule has 0 aliphatic heterocycles. The van der Waals surface area contributed by atoms with E-state index in [1.807, 2.05) is 24.3 Å². The van der Waals surface area contributed by atoms with Crippen molar-refractivity contribution in [2.24, 2.45) is 5.92 Å². The predicted molar refractivity (Wildman–Crippen MR) is 238 cm³/mol. The van der Waals surface area contributed by atoms with Gasteiger partial charge in [0.25, 0.3) is 0 Å². The highest BCUT2D eigenvalue weighted by Gasteiger charge is 2.27. The van der Waals surface area contributed by atoms with Gasteiger partial charge in [-0.15, -0.1) is 0 Å². The zero-order valence-electron chi connectivity index (χ0n) is 35.4. The summed E-state index contributed by atoms with van der Waals surface area (Å²) in [7, 11) is 1.64. The minimum Gasteiger partial charge on any atom is -0.493 e. The molecule has 0 heterocycles. The number of hydrogen-bond donors (Lipinski definition) is 0. The zero-order chi connectivity index (χ0) is 44.2. The molecule has 62 heavy (non-hydrogen) atoms. The molecule has 0 saturated heterocycles. The fourth-order valence-electron chi connectivity index (χ4n) is 6.44. The molecule has 0 N–H and O–H groups in total. The molecule has 0 aromatic heterocycles. The fraction of sp³-hybridized carbons (Fsp3) is 0.231. The molecule has 0 spiro atoms. The van der Waals surface area contributed by atoms with Crippen LogP contribution in [0.15, 0.2) is 140 Å². The van der Waals surface area contributed by atoms with Gasteiger partial charge in [-0.1, -0.05) is 67.8 Å². The fourth-order valence-corrected chi connectivity index (χ4v) is 6.44. The van der Waals surface area contributed by atoms with Crippen LogP contribution in [0.2, 0.25) is 0 Å². The maximum atomic E-state index is 12.7. The Kier molecular flexibility index (Phi) is 15.1. The average Bonchev–Trinajstić information content (AvgIpc) is 4.12. The maximum absolute atomic E-state index is 12.7. The summed E-state index contributed by atoms with van der Waals surface area (Å²) in [5.74, 6) is 0.184. The minimum atomic E-state index is -0.600. The van der Waals surface area contributed by atoms with E-state index in [2.05, 4.69) is 55.6 Å². The van der Waals surface area contributed by atoms with E-state index < -0.39 is 23.9 Å². The highest BCUT2D eigenvalue weighted by atomic mass is 16.5. The first-order valence-corrected chi connectivity index (χ1v) is 20.4. The molecule has 318 valence electrons. The van der Waals surface area contributed by atoms with Crippen molar-refractivity contribution in [3.8, 4) is 45.3 Å². The molecule has 0 amide bonds. The molecule has 1 saturated carbocycles. The van der Waals surface area contributed by atoms with Crippen molar-refractivity contribution in [3.63, 3.8) is 0 Å². The Bertz CT molecular complexity index is 2460. The molecule has 1 atom stereocenters. The van der Waals surface area contributed by atoms with E-state index in [0.717, 1.165) is 46.4 Å². The third-order valence-electron chi connectivity index (χ3n) is 10.1. The highest BCUT2D eigenvalue weighted by Crippen LogP contribution is 2.46. The van der Waals surface area contributed by atoms with Crippen molar-refractivity contribution in [1.29, 1.82) is 0 Å². The summed E-state index contributed by atoms with van der Waals surface area (Å²) < 4.78 is 33.2. The number of esters is 4. The number of carbonyl (C=O) groups excluding carboxylic acids is 4. The van der Waals surface area contributed by atoms with Crippen LogP contribution in [0.4, 0.5) is 0 Å². The summed E-state index contributed by atoms with van der Waals surface area (Å²) in [4.78, 5) is 49.0. The van der Waals surface area contributed by atoms with Crippen LogP contribution >= 0.6 is 0 Å². The first-order valence-electron chi connectivity index (χ1n) is 20.4. The number of ether oxygens (including phenoxy) is 6. The first kappa shape index (κ1) is 44.5. The standard InChI is InChI=1S/C52H50O10/c1-33(2)50(54)59-32-37(31-57-6)27-28-58-48-24-20-43(30-46(48)41-16-17-41)40-14-12-39(13-15-40)38-10-7-36(8-11-38)9-26-49(53)62-47-25-23-45(29-35(47)5)61-52(56)42-18-21-44(22-19-42)60-51(55)34(3)4/h7-15,18-26,29-30,37,41H,1,3,16-17,27-28,31-32H2,2,4-6H3/b26-9+. The lowest BCUT2D eigenvalue weighted by Gasteiger charge is -2.18. The van der Waals surface area contributed by atoms with Crippen molar-refractivity contribution in [2.75, 3.05) is 26.9 Å². The molecular formula is C52H50O10. The van der Waals surface area contributed by atoms with Gasteiger partial charge < -0.3 is 28.4 Å². The number of methoxy groups -OCH3 is 1. The summed E-state index contributed by atoms with van der Waals surface area (Å²) >= 11 is 0. The summed E-state index contributed by atoms with van der Waals surface area (Å²) in [6.45, 7) is 13.3. The SMILES string of the molecule is C=C(C)C(=O)OCC(CCOc1ccc(-c2ccc(-c3ccc(/C=C/C(=O)Oc4ccc(OC(=O)c5ccc(OC(=O)C(=C)C)cc5)cc4C)cc3)cc2)cc1C1CC1)COC. The smallest absolute Gasteiger partial charge is 0.343 e. The summed E-state index contributed by atoms with van der Waals surface area (Å²) in [5, 5.41) is 0. The van der Waals surface area contributed by atoms with Crippen molar-refractivity contribution < 1.29 is 47.6 Å². The second kappa shape index (κ2) is 21.0. The lowest BCUT2D eigenvalue weighted by Crippen LogP contribution is -2.21. The van der Waals surface area contributed by atoms with E-state index in [1.165, 1.54) is 35.9 Å². The molecule has 1 fully saturated rings. The molecule has 6 rings (SSSR count).